The Morgan fingerprint density at radius 1 is 0.846 bits per heavy atom. The Labute approximate surface area is 232 Å². The van der Waals surface area contributed by atoms with Gasteiger partial charge < -0.3 is 5.32 Å². The Morgan fingerprint density at radius 3 is 2.26 bits per heavy atom. The molecule has 2 heterocycles. The number of anilines is 1. The Balaban J connectivity index is 1.28. The highest BCUT2D eigenvalue weighted by atomic mass is 32.2. The molecule has 1 saturated heterocycles. The predicted molar refractivity (Wildman–Crippen MR) is 157 cm³/mol. The van der Waals surface area contributed by atoms with Crippen molar-refractivity contribution in [3.8, 4) is 0 Å². The van der Waals surface area contributed by atoms with Crippen LogP contribution in [-0.2, 0) is 23.0 Å². The number of fused-ring (bicyclic) bond motifs is 1. The second-order valence-corrected chi connectivity index (χ2v) is 12.1. The van der Waals surface area contributed by atoms with Crippen LogP contribution >= 0.6 is 0 Å². The number of para-hydroxylation sites is 1. The number of rotatable bonds is 10. The average molecular weight is 544 g/mol. The fourth-order valence-corrected chi connectivity index (χ4v) is 6.47. The van der Waals surface area contributed by atoms with Crippen molar-refractivity contribution in [1.82, 2.24) is 19.2 Å². The lowest BCUT2D eigenvalue weighted by atomic mass is 10.1. The molecule has 1 fully saturated rings. The highest BCUT2D eigenvalue weighted by molar-refractivity contribution is 7.89. The fraction of sp³-hybridized carbons (Fsp3) is 0.355. The number of hydrogen-bond acceptors (Lipinski definition) is 6. The molecule has 4 aromatic rings. The van der Waals surface area contributed by atoms with Gasteiger partial charge in [-0.3, -0.25) is 4.90 Å². The van der Waals surface area contributed by atoms with Crippen LogP contribution < -0.4 is 5.32 Å². The summed E-state index contributed by atoms with van der Waals surface area (Å²) in [6.45, 7) is 7.06. The van der Waals surface area contributed by atoms with Crippen molar-refractivity contribution in [2.75, 3.05) is 31.5 Å². The van der Waals surface area contributed by atoms with Crippen molar-refractivity contribution in [2.24, 2.45) is 0 Å². The van der Waals surface area contributed by atoms with Gasteiger partial charge in [0.15, 0.2) is 0 Å². The van der Waals surface area contributed by atoms with Crippen LogP contribution in [0.15, 0.2) is 83.8 Å². The molecule has 0 aliphatic carbocycles. The second-order valence-electron chi connectivity index (χ2n) is 10.2. The van der Waals surface area contributed by atoms with Gasteiger partial charge in [0.05, 0.1) is 16.5 Å². The molecule has 0 spiro atoms. The lowest BCUT2D eigenvalue weighted by Gasteiger charge is -2.37. The molecule has 7 nitrogen and oxygen atoms in total. The van der Waals surface area contributed by atoms with E-state index in [1.165, 1.54) is 11.1 Å². The highest BCUT2D eigenvalue weighted by Crippen LogP contribution is 2.27. The normalized spacial score (nSPS) is 15.8. The maximum atomic E-state index is 13.3. The minimum absolute atomic E-state index is 0.0467. The molecular weight excluding hydrogens is 506 g/mol. The van der Waals surface area contributed by atoms with Gasteiger partial charge in [-0.1, -0.05) is 67.9 Å². The maximum absolute atomic E-state index is 13.3. The monoisotopic (exact) mass is 543 g/mol. The second kappa shape index (κ2) is 12.2. The van der Waals surface area contributed by atoms with Gasteiger partial charge in [0.2, 0.25) is 10.0 Å². The number of piperazine rings is 1. The number of sulfonamides is 1. The Kier molecular flexibility index (Phi) is 8.55. The van der Waals surface area contributed by atoms with Gasteiger partial charge in [-0.25, -0.2) is 18.4 Å². The molecule has 0 radical (unpaired) electrons. The van der Waals surface area contributed by atoms with E-state index in [9.17, 15) is 8.42 Å². The minimum Gasteiger partial charge on any atom is -0.365 e. The van der Waals surface area contributed by atoms with E-state index in [2.05, 4.69) is 36.2 Å². The third-order valence-corrected chi connectivity index (χ3v) is 9.41. The van der Waals surface area contributed by atoms with Crippen LogP contribution in [0.2, 0.25) is 0 Å². The molecule has 1 aliphatic rings. The summed E-state index contributed by atoms with van der Waals surface area (Å²) in [5.74, 6) is 1.55. The molecule has 0 saturated carbocycles. The van der Waals surface area contributed by atoms with Gasteiger partial charge in [0.25, 0.3) is 0 Å². The first-order valence-electron chi connectivity index (χ1n) is 13.8. The van der Waals surface area contributed by atoms with E-state index >= 15 is 0 Å². The summed E-state index contributed by atoms with van der Waals surface area (Å²) < 4.78 is 28.2. The predicted octanol–water partition coefficient (Wildman–Crippen LogP) is 5.65. The van der Waals surface area contributed by atoms with Crippen LogP contribution in [0.1, 0.15) is 49.7 Å². The smallest absolute Gasteiger partial charge is 0.243 e. The van der Waals surface area contributed by atoms with Crippen molar-refractivity contribution in [3.05, 3.63) is 95.8 Å². The number of nitrogens with zero attached hydrogens (tertiary/aromatic N) is 4. The zero-order chi connectivity index (χ0) is 27.2. The number of benzene rings is 3. The number of nitrogens with one attached hydrogen (secondary N) is 1. The number of aromatic nitrogens is 2. The van der Waals surface area contributed by atoms with E-state index in [-0.39, 0.29) is 6.04 Å². The van der Waals surface area contributed by atoms with E-state index in [0.717, 1.165) is 41.8 Å². The summed E-state index contributed by atoms with van der Waals surface area (Å²) in [5.41, 5.74) is 3.26. The standard InChI is InChI=1S/C31H37N5O2S/c1-3-4-10-25-15-17-27(18-16-25)39(37,38)36-21-19-35(20-22-36)24(2)30-33-29-14-9-8-13-28(29)31(34-30)32-23-26-11-6-5-7-12-26/h5-9,11-18,24H,3-4,10,19-23H2,1-2H3,(H,32,33,34)/t24-/m0/s1. The molecule has 0 unspecified atom stereocenters. The van der Waals surface area contributed by atoms with Crippen molar-refractivity contribution >= 4 is 26.7 Å². The van der Waals surface area contributed by atoms with Crippen LogP contribution in [-0.4, -0.2) is 53.8 Å². The molecular formula is C31H37N5O2S. The first kappa shape index (κ1) is 27.2. The summed E-state index contributed by atoms with van der Waals surface area (Å²) in [6.07, 6.45) is 3.21. The van der Waals surface area contributed by atoms with Crippen molar-refractivity contribution < 1.29 is 8.42 Å². The Hall–Kier alpha value is -3.33. The first-order chi connectivity index (χ1) is 19.0. The molecule has 0 amide bonds. The zero-order valence-electron chi connectivity index (χ0n) is 22.8. The number of aryl methyl sites for hydroxylation is 1. The molecule has 1 N–H and O–H groups in total. The van der Waals surface area contributed by atoms with Gasteiger partial charge >= 0.3 is 0 Å². The molecule has 3 aromatic carbocycles. The zero-order valence-corrected chi connectivity index (χ0v) is 23.6. The van der Waals surface area contributed by atoms with Gasteiger partial charge in [-0.15, -0.1) is 0 Å². The third-order valence-electron chi connectivity index (χ3n) is 7.50. The molecule has 1 aliphatic heterocycles. The van der Waals surface area contributed by atoms with Crippen LogP contribution in [0.4, 0.5) is 5.82 Å². The summed E-state index contributed by atoms with van der Waals surface area (Å²) in [7, 11) is -3.52. The van der Waals surface area contributed by atoms with Gasteiger partial charge in [0, 0.05) is 38.1 Å². The van der Waals surface area contributed by atoms with E-state index < -0.39 is 10.0 Å². The largest absolute Gasteiger partial charge is 0.365 e. The quantitative estimate of drug-likeness (QED) is 0.278. The van der Waals surface area contributed by atoms with Gasteiger partial charge in [0.1, 0.15) is 11.6 Å². The molecule has 39 heavy (non-hydrogen) atoms. The molecule has 204 valence electrons. The number of hydrogen-bond donors (Lipinski definition) is 1. The fourth-order valence-electron chi connectivity index (χ4n) is 5.05. The molecule has 1 aromatic heterocycles. The lowest BCUT2D eigenvalue weighted by Crippen LogP contribution is -2.49. The van der Waals surface area contributed by atoms with Crippen LogP contribution in [0.25, 0.3) is 10.9 Å². The van der Waals surface area contributed by atoms with E-state index in [1.807, 2.05) is 54.6 Å². The lowest BCUT2D eigenvalue weighted by molar-refractivity contribution is 0.141. The summed E-state index contributed by atoms with van der Waals surface area (Å²) in [4.78, 5) is 12.5. The van der Waals surface area contributed by atoms with Crippen molar-refractivity contribution in [3.63, 3.8) is 0 Å². The van der Waals surface area contributed by atoms with Gasteiger partial charge in [-0.2, -0.15) is 4.31 Å². The summed E-state index contributed by atoms with van der Waals surface area (Å²) in [5, 5.41) is 4.49. The molecule has 0 bridgehead atoms. The summed E-state index contributed by atoms with van der Waals surface area (Å²) in [6, 6.07) is 25.7. The molecule has 8 heteroatoms. The van der Waals surface area contributed by atoms with E-state index in [1.54, 1.807) is 16.4 Å². The Bertz CT molecular complexity index is 1480. The summed E-state index contributed by atoms with van der Waals surface area (Å²) >= 11 is 0. The van der Waals surface area contributed by atoms with Crippen LogP contribution in [0, 0.1) is 0 Å². The van der Waals surface area contributed by atoms with E-state index in [0.29, 0.717) is 37.6 Å². The van der Waals surface area contributed by atoms with Crippen molar-refractivity contribution in [2.45, 2.75) is 50.6 Å². The van der Waals surface area contributed by atoms with Crippen LogP contribution in [0.3, 0.4) is 0 Å². The number of unbranched alkanes of at least 4 members (excludes halogenated alkanes) is 1. The molecule has 5 rings (SSSR count). The molecule has 1 atom stereocenters. The topological polar surface area (TPSA) is 78.4 Å². The average Bonchev–Trinajstić information content (AvgIpc) is 2.99. The minimum atomic E-state index is -3.52. The maximum Gasteiger partial charge on any atom is 0.243 e. The van der Waals surface area contributed by atoms with Gasteiger partial charge in [-0.05, 0) is 55.2 Å². The highest BCUT2D eigenvalue weighted by Gasteiger charge is 2.31. The Morgan fingerprint density at radius 2 is 1.54 bits per heavy atom. The SMILES string of the molecule is CCCCc1ccc(S(=O)(=O)N2CCN([C@@H](C)c3nc(NCc4ccccc4)c4ccccc4n3)CC2)cc1. The van der Waals surface area contributed by atoms with E-state index in [4.69, 9.17) is 9.97 Å². The van der Waals surface area contributed by atoms with Crippen LogP contribution in [0.5, 0.6) is 0 Å². The first-order valence-corrected chi connectivity index (χ1v) is 15.3. The van der Waals surface area contributed by atoms with Crippen molar-refractivity contribution in [1.29, 1.82) is 0 Å². The third kappa shape index (κ3) is 6.30.